The van der Waals surface area contributed by atoms with E-state index in [0.717, 1.165) is 29.8 Å². The number of para-hydroxylation sites is 1. The average molecular weight is 244 g/mol. The van der Waals surface area contributed by atoms with Crippen LogP contribution < -0.4 is 5.01 Å². The molecule has 94 valence electrons. The standard InChI is InChI=1S/C14H16N2O2/c1-16-11-6-4-3-5-10(11)12(14(17)18-2)13(15-16)9-7-8-9/h3-6,9,12H,7-8H2,1-2H3. The third kappa shape index (κ3) is 1.68. The lowest BCUT2D eigenvalue weighted by Gasteiger charge is -2.29. The zero-order valence-electron chi connectivity index (χ0n) is 10.6. The molecule has 0 N–H and O–H groups in total. The first-order chi connectivity index (χ1) is 8.72. The Hall–Kier alpha value is -1.84. The number of hydrogen-bond donors (Lipinski definition) is 0. The number of rotatable bonds is 2. The molecule has 18 heavy (non-hydrogen) atoms. The molecule has 1 aromatic rings. The van der Waals surface area contributed by atoms with Gasteiger partial charge in [-0.2, -0.15) is 5.10 Å². The number of ether oxygens (including phenoxy) is 1. The van der Waals surface area contributed by atoms with Gasteiger partial charge in [0.05, 0.1) is 18.5 Å². The predicted molar refractivity (Wildman–Crippen MR) is 69.8 cm³/mol. The molecule has 1 atom stereocenters. The van der Waals surface area contributed by atoms with Crippen molar-refractivity contribution < 1.29 is 9.53 Å². The van der Waals surface area contributed by atoms with Crippen LogP contribution in [0, 0.1) is 5.92 Å². The maximum absolute atomic E-state index is 12.1. The number of nitrogens with zero attached hydrogens (tertiary/aromatic N) is 2. The maximum atomic E-state index is 12.1. The van der Waals surface area contributed by atoms with Crippen molar-refractivity contribution in [3.05, 3.63) is 29.8 Å². The minimum Gasteiger partial charge on any atom is -0.468 e. The van der Waals surface area contributed by atoms with Gasteiger partial charge in [0.25, 0.3) is 0 Å². The SMILES string of the molecule is COC(=O)C1C(C2CC2)=NN(C)c2ccccc21. The molecule has 0 saturated heterocycles. The van der Waals surface area contributed by atoms with Crippen LogP contribution in [0.4, 0.5) is 5.69 Å². The number of carbonyl (C=O) groups excluding carboxylic acids is 1. The third-order valence-electron chi connectivity index (χ3n) is 3.59. The van der Waals surface area contributed by atoms with Gasteiger partial charge in [-0.25, -0.2) is 0 Å². The quantitative estimate of drug-likeness (QED) is 0.749. The van der Waals surface area contributed by atoms with E-state index in [1.807, 2.05) is 36.3 Å². The van der Waals surface area contributed by atoms with Crippen LogP contribution in [0.2, 0.25) is 0 Å². The maximum Gasteiger partial charge on any atom is 0.319 e. The van der Waals surface area contributed by atoms with Crippen molar-refractivity contribution in [1.29, 1.82) is 0 Å². The van der Waals surface area contributed by atoms with Gasteiger partial charge in [0.1, 0.15) is 5.92 Å². The molecule has 1 unspecified atom stereocenters. The van der Waals surface area contributed by atoms with Crippen LogP contribution in [-0.4, -0.2) is 25.8 Å². The fourth-order valence-electron chi connectivity index (χ4n) is 2.53. The molecule has 4 heteroatoms. The van der Waals surface area contributed by atoms with Crippen LogP contribution in [0.25, 0.3) is 0 Å². The van der Waals surface area contributed by atoms with Crippen molar-refractivity contribution in [2.75, 3.05) is 19.2 Å². The van der Waals surface area contributed by atoms with Crippen molar-refractivity contribution in [2.45, 2.75) is 18.8 Å². The number of esters is 1. The summed E-state index contributed by atoms with van der Waals surface area (Å²) in [5.41, 5.74) is 2.95. The fourth-order valence-corrected chi connectivity index (χ4v) is 2.53. The van der Waals surface area contributed by atoms with Crippen molar-refractivity contribution in [3.8, 4) is 0 Å². The minimum absolute atomic E-state index is 0.207. The molecule has 0 spiro atoms. The first kappa shape index (κ1) is 11.3. The summed E-state index contributed by atoms with van der Waals surface area (Å²) >= 11 is 0. The van der Waals surface area contributed by atoms with E-state index in [1.54, 1.807) is 0 Å². The summed E-state index contributed by atoms with van der Waals surface area (Å²) in [5.74, 6) is -0.0824. The van der Waals surface area contributed by atoms with E-state index in [0.29, 0.717) is 5.92 Å². The van der Waals surface area contributed by atoms with Gasteiger partial charge in [-0.05, 0) is 24.5 Å². The van der Waals surface area contributed by atoms with Crippen molar-refractivity contribution >= 4 is 17.4 Å². The van der Waals surface area contributed by atoms with Crippen LogP contribution in [0.1, 0.15) is 24.3 Å². The Bertz CT molecular complexity index is 520. The summed E-state index contributed by atoms with van der Waals surface area (Å²) in [6.45, 7) is 0. The van der Waals surface area contributed by atoms with E-state index in [1.165, 1.54) is 7.11 Å². The van der Waals surface area contributed by atoms with E-state index in [-0.39, 0.29) is 11.9 Å². The zero-order valence-corrected chi connectivity index (χ0v) is 10.6. The van der Waals surface area contributed by atoms with Crippen LogP contribution >= 0.6 is 0 Å². The molecular weight excluding hydrogens is 228 g/mol. The number of hydrazone groups is 1. The number of methoxy groups -OCH3 is 1. The summed E-state index contributed by atoms with van der Waals surface area (Å²) in [5, 5.41) is 6.45. The van der Waals surface area contributed by atoms with E-state index in [4.69, 9.17) is 4.74 Å². The van der Waals surface area contributed by atoms with Crippen LogP contribution in [0.5, 0.6) is 0 Å². The summed E-state index contributed by atoms with van der Waals surface area (Å²) < 4.78 is 4.95. The van der Waals surface area contributed by atoms with Gasteiger partial charge < -0.3 is 4.74 Å². The lowest BCUT2D eigenvalue weighted by atomic mass is 9.89. The monoisotopic (exact) mass is 244 g/mol. The van der Waals surface area contributed by atoms with Crippen molar-refractivity contribution in [1.82, 2.24) is 0 Å². The Morgan fingerprint density at radius 3 is 2.78 bits per heavy atom. The molecule has 0 amide bonds. The van der Waals surface area contributed by atoms with Gasteiger partial charge in [0.15, 0.2) is 0 Å². The topological polar surface area (TPSA) is 41.9 Å². The molecule has 1 heterocycles. The number of anilines is 1. The highest BCUT2D eigenvalue weighted by molar-refractivity contribution is 6.11. The zero-order chi connectivity index (χ0) is 12.7. The summed E-state index contributed by atoms with van der Waals surface area (Å²) in [6, 6.07) is 7.89. The Kier molecular flexibility index (Phi) is 2.58. The van der Waals surface area contributed by atoms with E-state index in [9.17, 15) is 4.79 Å². The van der Waals surface area contributed by atoms with Crippen LogP contribution in [-0.2, 0) is 9.53 Å². The lowest BCUT2D eigenvalue weighted by molar-refractivity contribution is -0.140. The largest absolute Gasteiger partial charge is 0.468 e. The molecule has 0 radical (unpaired) electrons. The molecule has 1 saturated carbocycles. The third-order valence-corrected chi connectivity index (χ3v) is 3.59. The highest BCUT2D eigenvalue weighted by atomic mass is 16.5. The van der Waals surface area contributed by atoms with Gasteiger partial charge in [-0.15, -0.1) is 0 Å². The molecule has 2 aliphatic rings. The molecule has 4 nitrogen and oxygen atoms in total. The van der Waals surface area contributed by atoms with Crippen molar-refractivity contribution in [3.63, 3.8) is 0 Å². The highest BCUT2D eigenvalue weighted by Crippen LogP contribution is 2.42. The molecule has 1 aromatic carbocycles. The molecule has 1 aliphatic carbocycles. The van der Waals surface area contributed by atoms with Crippen molar-refractivity contribution in [2.24, 2.45) is 11.0 Å². The molecule has 0 aromatic heterocycles. The summed E-state index contributed by atoms with van der Waals surface area (Å²) in [4.78, 5) is 12.1. The van der Waals surface area contributed by atoms with Crippen LogP contribution in [0.3, 0.4) is 0 Å². The average Bonchev–Trinajstić information content (AvgIpc) is 3.22. The second-order valence-electron chi connectivity index (χ2n) is 4.84. The second-order valence-corrected chi connectivity index (χ2v) is 4.84. The predicted octanol–water partition coefficient (Wildman–Crippen LogP) is 2.16. The lowest BCUT2D eigenvalue weighted by Crippen LogP contribution is -2.32. The minimum atomic E-state index is -0.324. The van der Waals surface area contributed by atoms with E-state index < -0.39 is 0 Å². The number of fused-ring (bicyclic) bond motifs is 1. The van der Waals surface area contributed by atoms with Gasteiger partial charge >= 0.3 is 5.97 Å². The Labute approximate surface area is 106 Å². The van der Waals surface area contributed by atoms with Gasteiger partial charge in [-0.1, -0.05) is 18.2 Å². The number of carbonyl (C=O) groups is 1. The normalized spacial score (nSPS) is 22.2. The number of benzene rings is 1. The Morgan fingerprint density at radius 1 is 1.39 bits per heavy atom. The molecule has 3 rings (SSSR count). The molecular formula is C14H16N2O2. The first-order valence-electron chi connectivity index (χ1n) is 6.21. The van der Waals surface area contributed by atoms with Crippen LogP contribution in [0.15, 0.2) is 29.4 Å². The summed E-state index contributed by atoms with van der Waals surface area (Å²) in [6.07, 6.45) is 2.25. The highest BCUT2D eigenvalue weighted by Gasteiger charge is 2.41. The molecule has 1 aliphatic heterocycles. The van der Waals surface area contributed by atoms with Gasteiger partial charge in [0, 0.05) is 13.0 Å². The Balaban J connectivity index is 2.10. The fraction of sp³-hybridized carbons (Fsp3) is 0.429. The molecule has 1 fully saturated rings. The summed E-state index contributed by atoms with van der Waals surface area (Å²) in [7, 11) is 3.36. The molecule has 0 bridgehead atoms. The van der Waals surface area contributed by atoms with Gasteiger partial charge in [0.2, 0.25) is 0 Å². The van der Waals surface area contributed by atoms with E-state index in [2.05, 4.69) is 5.10 Å². The number of hydrogen-bond acceptors (Lipinski definition) is 4. The van der Waals surface area contributed by atoms with E-state index >= 15 is 0 Å². The Morgan fingerprint density at radius 2 is 2.11 bits per heavy atom. The second kappa shape index (κ2) is 4.12. The van der Waals surface area contributed by atoms with Gasteiger partial charge in [-0.3, -0.25) is 9.80 Å². The first-order valence-corrected chi connectivity index (χ1v) is 6.21. The smallest absolute Gasteiger partial charge is 0.319 e.